The van der Waals surface area contributed by atoms with Crippen molar-refractivity contribution in [1.82, 2.24) is 14.2 Å². The van der Waals surface area contributed by atoms with Crippen molar-refractivity contribution in [2.24, 2.45) is 0 Å². The number of hydrogen-bond donors (Lipinski definition) is 0. The van der Waals surface area contributed by atoms with Crippen LogP contribution in [0, 0.1) is 0 Å². The van der Waals surface area contributed by atoms with Crippen molar-refractivity contribution >= 4 is 33.3 Å². The van der Waals surface area contributed by atoms with Gasteiger partial charge >= 0.3 is 0 Å². The average molecular weight is 415 g/mol. The van der Waals surface area contributed by atoms with Gasteiger partial charge in [0.2, 0.25) is 10.0 Å². The molecule has 0 saturated carbocycles. The van der Waals surface area contributed by atoms with Crippen LogP contribution >= 0.6 is 11.6 Å². The molecule has 1 amide bonds. The van der Waals surface area contributed by atoms with E-state index < -0.39 is 10.0 Å². The Balaban J connectivity index is 1.65. The summed E-state index contributed by atoms with van der Waals surface area (Å²) < 4.78 is 24.9. The van der Waals surface area contributed by atoms with Gasteiger partial charge in [0.1, 0.15) is 5.82 Å². The summed E-state index contributed by atoms with van der Waals surface area (Å²) in [7, 11) is -1.56. The van der Waals surface area contributed by atoms with Crippen molar-refractivity contribution in [3.05, 3.63) is 22.8 Å². The number of carbonyl (C=O) groups excluding carboxylic acids is 1. The highest BCUT2D eigenvalue weighted by molar-refractivity contribution is 7.88. The number of anilines is 1. The summed E-state index contributed by atoms with van der Waals surface area (Å²) in [5.41, 5.74) is 0.525. The van der Waals surface area contributed by atoms with Crippen LogP contribution in [-0.4, -0.2) is 74.0 Å². The second kappa shape index (κ2) is 8.32. The van der Waals surface area contributed by atoms with Crippen LogP contribution < -0.4 is 4.90 Å². The lowest BCUT2D eigenvalue weighted by molar-refractivity contribution is 0.0724. The number of piperidine rings is 2. The van der Waals surface area contributed by atoms with E-state index in [1.165, 1.54) is 17.0 Å². The quantitative estimate of drug-likeness (QED) is 0.755. The summed E-state index contributed by atoms with van der Waals surface area (Å²) >= 11 is 6.44. The molecule has 2 saturated heterocycles. The van der Waals surface area contributed by atoms with Crippen molar-refractivity contribution in [3.8, 4) is 0 Å². The average Bonchev–Trinajstić information content (AvgIpc) is 2.67. The maximum Gasteiger partial charge on any atom is 0.255 e. The predicted molar refractivity (Wildman–Crippen MR) is 107 cm³/mol. The number of hydrogen-bond acceptors (Lipinski definition) is 5. The minimum atomic E-state index is -3.19. The third kappa shape index (κ3) is 4.73. The summed E-state index contributed by atoms with van der Waals surface area (Å²) in [5.74, 6) is 0.649. The Morgan fingerprint density at radius 3 is 2.37 bits per heavy atom. The molecular formula is C18H27ClN4O3S. The summed E-state index contributed by atoms with van der Waals surface area (Å²) in [4.78, 5) is 21.0. The zero-order valence-corrected chi connectivity index (χ0v) is 17.5. The summed E-state index contributed by atoms with van der Waals surface area (Å²) in [6, 6.07) is 1.70. The standard InChI is InChI=1S/C18H27ClN4O3S/c1-21(27(2,25)26)15-6-10-22(11-7-15)17-16(19)12-14(13-20-17)18(24)23-8-4-3-5-9-23/h12-13,15H,3-11H2,1-2H3. The Morgan fingerprint density at radius 2 is 1.81 bits per heavy atom. The third-order valence-corrected chi connectivity index (χ3v) is 7.14. The molecule has 0 aliphatic carbocycles. The van der Waals surface area contributed by atoms with Gasteiger partial charge in [-0.05, 0) is 38.2 Å². The minimum absolute atomic E-state index is 0.00465. The van der Waals surface area contributed by atoms with E-state index in [1.54, 1.807) is 19.3 Å². The molecule has 1 aromatic heterocycles. The first kappa shape index (κ1) is 20.4. The molecule has 0 spiro atoms. The summed E-state index contributed by atoms with van der Waals surface area (Å²) in [5, 5.41) is 0.466. The van der Waals surface area contributed by atoms with E-state index in [2.05, 4.69) is 9.88 Å². The highest BCUT2D eigenvalue weighted by Crippen LogP contribution is 2.28. The lowest BCUT2D eigenvalue weighted by atomic mass is 10.1. The number of halogens is 1. The van der Waals surface area contributed by atoms with E-state index in [0.29, 0.717) is 29.5 Å². The van der Waals surface area contributed by atoms with Gasteiger partial charge in [-0.25, -0.2) is 17.7 Å². The topological polar surface area (TPSA) is 73.8 Å². The largest absolute Gasteiger partial charge is 0.355 e. The molecule has 150 valence electrons. The molecule has 0 aromatic carbocycles. The summed E-state index contributed by atoms with van der Waals surface area (Å²) in [6.07, 6.45) is 7.53. The van der Waals surface area contributed by atoms with Gasteiger partial charge in [-0.15, -0.1) is 0 Å². The molecule has 3 rings (SSSR count). The minimum Gasteiger partial charge on any atom is -0.355 e. The van der Waals surface area contributed by atoms with Crippen LogP contribution in [0.2, 0.25) is 5.02 Å². The maximum atomic E-state index is 12.6. The second-order valence-electron chi connectivity index (χ2n) is 7.38. The first-order chi connectivity index (χ1) is 12.8. The Kier molecular flexibility index (Phi) is 6.28. The van der Waals surface area contributed by atoms with Gasteiger partial charge in [-0.3, -0.25) is 4.79 Å². The Hall–Kier alpha value is -1.38. The number of aromatic nitrogens is 1. The van der Waals surface area contributed by atoms with Crippen molar-refractivity contribution in [2.75, 3.05) is 44.4 Å². The smallest absolute Gasteiger partial charge is 0.255 e. The van der Waals surface area contributed by atoms with Crippen LogP contribution in [0.1, 0.15) is 42.5 Å². The van der Waals surface area contributed by atoms with Gasteiger partial charge < -0.3 is 9.80 Å². The number of sulfonamides is 1. The highest BCUT2D eigenvalue weighted by atomic mass is 35.5. The van der Waals surface area contributed by atoms with Gasteiger partial charge in [0.25, 0.3) is 5.91 Å². The lowest BCUT2D eigenvalue weighted by Gasteiger charge is -2.36. The van der Waals surface area contributed by atoms with Crippen molar-refractivity contribution in [3.63, 3.8) is 0 Å². The molecule has 0 bridgehead atoms. The van der Waals surface area contributed by atoms with Crippen LogP contribution in [0.15, 0.2) is 12.3 Å². The molecular weight excluding hydrogens is 388 g/mol. The fourth-order valence-electron chi connectivity index (χ4n) is 3.77. The number of nitrogens with zero attached hydrogens (tertiary/aromatic N) is 4. The molecule has 0 radical (unpaired) electrons. The molecule has 0 unspecified atom stereocenters. The van der Waals surface area contributed by atoms with E-state index in [-0.39, 0.29) is 11.9 Å². The normalized spacial score (nSPS) is 19.6. The van der Waals surface area contributed by atoms with Crippen LogP contribution in [0.4, 0.5) is 5.82 Å². The van der Waals surface area contributed by atoms with Gasteiger partial charge in [-0.1, -0.05) is 11.6 Å². The molecule has 7 nitrogen and oxygen atoms in total. The van der Waals surface area contributed by atoms with Crippen LogP contribution in [0.3, 0.4) is 0 Å². The van der Waals surface area contributed by atoms with Gasteiger partial charge in [-0.2, -0.15) is 0 Å². The molecule has 9 heteroatoms. The van der Waals surface area contributed by atoms with Gasteiger partial charge in [0, 0.05) is 45.5 Å². The Morgan fingerprint density at radius 1 is 1.19 bits per heavy atom. The Bertz CT molecular complexity index is 788. The first-order valence-corrected chi connectivity index (χ1v) is 11.6. The number of amides is 1. The number of pyridine rings is 1. The highest BCUT2D eigenvalue weighted by Gasteiger charge is 2.29. The monoisotopic (exact) mass is 414 g/mol. The van der Waals surface area contributed by atoms with Crippen molar-refractivity contribution in [1.29, 1.82) is 0 Å². The predicted octanol–water partition coefficient (Wildman–Crippen LogP) is 2.22. The molecule has 27 heavy (non-hydrogen) atoms. The zero-order chi connectivity index (χ0) is 19.6. The van der Waals surface area contributed by atoms with Crippen molar-refractivity contribution < 1.29 is 13.2 Å². The molecule has 3 heterocycles. The van der Waals surface area contributed by atoms with Gasteiger partial charge in [0.15, 0.2) is 0 Å². The zero-order valence-electron chi connectivity index (χ0n) is 15.9. The molecule has 0 atom stereocenters. The molecule has 0 N–H and O–H groups in total. The van der Waals surface area contributed by atoms with Crippen molar-refractivity contribution in [2.45, 2.75) is 38.1 Å². The fraction of sp³-hybridized carbons (Fsp3) is 0.667. The van der Waals surface area contributed by atoms with E-state index in [4.69, 9.17) is 11.6 Å². The molecule has 1 aromatic rings. The summed E-state index contributed by atoms with van der Waals surface area (Å²) in [6.45, 7) is 2.94. The molecule has 2 aliphatic heterocycles. The lowest BCUT2D eigenvalue weighted by Crippen LogP contribution is -2.45. The van der Waals surface area contributed by atoms with E-state index in [9.17, 15) is 13.2 Å². The molecule has 2 fully saturated rings. The number of likely N-dealkylation sites (tertiary alicyclic amines) is 1. The number of rotatable bonds is 4. The molecule has 2 aliphatic rings. The van der Waals surface area contributed by atoms with E-state index in [1.807, 2.05) is 4.90 Å². The maximum absolute atomic E-state index is 12.6. The van der Waals surface area contributed by atoms with E-state index in [0.717, 1.165) is 38.8 Å². The van der Waals surface area contributed by atoms with E-state index >= 15 is 0 Å². The second-order valence-corrected chi connectivity index (χ2v) is 9.83. The third-order valence-electron chi connectivity index (χ3n) is 5.51. The van der Waals surface area contributed by atoms with Crippen LogP contribution in [-0.2, 0) is 10.0 Å². The first-order valence-electron chi connectivity index (χ1n) is 9.40. The Labute approximate surface area is 166 Å². The number of carbonyl (C=O) groups is 1. The fourth-order valence-corrected chi connectivity index (χ4v) is 4.81. The van der Waals surface area contributed by atoms with Crippen LogP contribution in [0.5, 0.6) is 0 Å². The SMILES string of the molecule is CN(C1CCN(c2ncc(C(=O)N3CCCCC3)cc2Cl)CC1)S(C)(=O)=O. The van der Waals surface area contributed by atoms with Crippen LogP contribution in [0.25, 0.3) is 0 Å². The van der Waals surface area contributed by atoms with Gasteiger partial charge in [0.05, 0.1) is 16.8 Å².